The van der Waals surface area contributed by atoms with Crippen LogP contribution in [0.1, 0.15) is 129 Å². The molecule has 4 aliphatic heterocycles. The summed E-state index contributed by atoms with van der Waals surface area (Å²) in [5.41, 5.74) is 10.5. The Balaban J connectivity index is 0.000000178. The molecule has 4 aliphatic rings. The number of imidazole rings is 1. The number of aromatic nitrogens is 3. The van der Waals surface area contributed by atoms with Crippen LogP contribution >= 0.6 is 0 Å². The van der Waals surface area contributed by atoms with E-state index in [1.54, 1.807) is 51.5 Å². The second kappa shape index (κ2) is 28.4. The maximum absolute atomic E-state index is 12.4. The zero-order chi connectivity index (χ0) is 61.4. The lowest BCUT2D eigenvalue weighted by atomic mass is 10.1. The van der Waals surface area contributed by atoms with Crippen LogP contribution in [0.15, 0.2) is 91.1 Å². The van der Waals surface area contributed by atoms with Crippen molar-refractivity contribution in [3.8, 4) is 23.6 Å². The standard InChI is InChI=1S/C21H23N5O3.C13H17NO4.C12H17NO3.C7H9NO.C6H5N3.C2H3N/c1-21(2,3)29-20(27)25-7-6-15-14(12-25)10-16(28-15)18-19(23-4)26-8-5-13(11-22)9-17(26)24-18;1-13(2,3)18-12(16)14-5-4-11-9(7-14)6-10(8-15)17-11;1-12(2,3)16-11(14)13-6-4-10-9(8-13)5-7-15-10;1-3-8-5-6-2-4-9-7(1)6;7-4-5-1-2-9-6(8)3-5;1-3-2/h5,8-10,23H,6-7,12H2,1-4H3;6,8H,4-5,7H2,1-3H3;5,7H,4,6,8H2,1-3H3;2,4,8H,1,3,5H2;1-3H,(H2,8,9);1H3. The Labute approximate surface area is 489 Å². The van der Waals surface area contributed by atoms with Crippen LogP contribution in [0.2, 0.25) is 0 Å². The first-order chi connectivity index (χ1) is 39.8. The molecule has 0 aliphatic carbocycles. The van der Waals surface area contributed by atoms with E-state index in [9.17, 15) is 19.2 Å². The van der Waals surface area contributed by atoms with Gasteiger partial charge in [-0.3, -0.25) is 9.20 Å². The van der Waals surface area contributed by atoms with Crippen molar-refractivity contribution in [1.82, 2.24) is 34.4 Å². The van der Waals surface area contributed by atoms with E-state index in [1.165, 1.54) is 24.9 Å². The van der Waals surface area contributed by atoms with Gasteiger partial charge in [0.25, 0.3) is 0 Å². The number of nitriles is 2. The summed E-state index contributed by atoms with van der Waals surface area (Å²) in [6.45, 7) is 27.8. The number of rotatable bonds is 3. The van der Waals surface area contributed by atoms with Crippen LogP contribution in [0.5, 0.6) is 0 Å². The number of pyridine rings is 2. The Morgan fingerprint density at radius 2 is 1.21 bits per heavy atom. The maximum atomic E-state index is 12.4. The Morgan fingerprint density at radius 3 is 1.71 bits per heavy atom. The number of nitrogens with two attached hydrogens (primary N) is 1. The fourth-order valence-electron chi connectivity index (χ4n) is 8.77. The largest absolute Gasteiger partial charge is 0.469 e. The van der Waals surface area contributed by atoms with Crippen LogP contribution in [-0.4, -0.2) is 111 Å². The van der Waals surface area contributed by atoms with E-state index in [4.69, 9.17) is 54.7 Å². The SMILES string of the molecule is CC(C)(C)OC(=O)N1CCc2oc(C=O)cc2C1.CC(C)(C)OC(=O)N1CCc2occc2C1.CNc1c(-c2cc3c(o2)CCN(C(=O)OC(C)(C)C)C3)nc2cc(C#N)ccn12.N#Cc1ccnc(N)c1.[C-]#[N+]C.c1cc2c(o1)CCNC2. The van der Waals surface area contributed by atoms with Crippen molar-refractivity contribution in [2.24, 2.45) is 0 Å². The van der Waals surface area contributed by atoms with Crippen LogP contribution in [0.3, 0.4) is 0 Å². The molecular formula is C61H74N12O11. The number of anilines is 2. The van der Waals surface area contributed by atoms with Gasteiger partial charge in [0.1, 0.15) is 62.8 Å². The number of hydrogen-bond donors (Lipinski definition) is 3. The molecule has 0 atom stereocenters. The number of carbonyl (C=O) groups excluding carboxylic acids is 4. The van der Waals surface area contributed by atoms with Crippen molar-refractivity contribution in [3.05, 3.63) is 147 Å². The van der Waals surface area contributed by atoms with E-state index >= 15 is 0 Å². The first-order valence-electron chi connectivity index (χ1n) is 27.2. The molecule has 7 aromatic rings. The van der Waals surface area contributed by atoms with Crippen molar-refractivity contribution in [2.45, 2.75) is 131 Å². The van der Waals surface area contributed by atoms with Crippen molar-refractivity contribution in [2.75, 3.05) is 51.3 Å². The van der Waals surface area contributed by atoms with Gasteiger partial charge in [0.2, 0.25) is 7.05 Å². The summed E-state index contributed by atoms with van der Waals surface area (Å²) in [4.78, 5) is 62.9. The summed E-state index contributed by atoms with van der Waals surface area (Å²) in [6, 6.07) is 18.2. The second-order valence-corrected chi connectivity index (χ2v) is 22.5. The van der Waals surface area contributed by atoms with E-state index in [1.807, 2.05) is 104 Å². The zero-order valence-electron chi connectivity index (χ0n) is 49.6. The number of nitrogens with zero attached hydrogens (tertiary/aromatic N) is 9. The molecule has 84 heavy (non-hydrogen) atoms. The number of nitrogen functional groups attached to an aromatic ring is 1. The first kappa shape index (κ1) is 63.6. The van der Waals surface area contributed by atoms with Gasteiger partial charge in [-0.1, -0.05) is 0 Å². The number of amides is 3. The molecule has 23 heteroatoms. The molecular weight excluding hydrogens is 1080 g/mol. The van der Waals surface area contributed by atoms with Gasteiger partial charge >= 0.3 is 18.3 Å². The summed E-state index contributed by atoms with van der Waals surface area (Å²) >= 11 is 0. The third kappa shape index (κ3) is 18.2. The zero-order valence-corrected chi connectivity index (χ0v) is 49.6. The molecule has 3 amide bonds. The molecule has 0 bridgehead atoms. The highest BCUT2D eigenvalue weighted by molar-refractivity contribution is 5.75. The fraction of sp³-hybridized carbons (Fsp3) is 0.426. The van der Waals surface area contributed by atoms with Gasteiger partial charge < -0.3 is 67.8 Å². The van der Waals surface area contributed by atoms with E-state index < -0.39 is 16.8 Å². The lowest BCUT2D eigenvalue weighted by Crippen LogP contribution is -2.39. The van der Waals surface area contributed by atoms with E-state index in [2.05, 4.69) is 31.5 Å². The molecule has 0 fully saturated rings. The molecule has 444 valence electrons. The van der Waals surface area contributed by atoms with Crippen LogP contribution in [0, 0.1) is 29.2 Å². The molecule has 7 aromatic heterocycles. The van der Waals surface area contributed by atoms with Gasteiger partial charge in [-0.15, -0.1) is 0 Å². The second-order valence-electron chi connectivity index (χ2n) is 22.5. The van der Waals surface area contributed by atoms with Gasteiger partial charge in [0.15, 0.2) is 17.8 Å². The molecule has 0 radical (unpaired) electrons. The van der Waals surface area contributed by atoms with Crippen molar-refractivity contribution in [1.29, 1.82) is 10.5 Å². The number of fused-ring (bicyclic) bond motifs is 5. The highest BCUT2D eigenvalue weighted by Crippen LogP contribution is 2.35. The first-order valence-corrected chi connectivity index (χ1v) is 27.2. The number of furan rings is 4. The number of nitrogens with one attached hydrogen (secondary N) is 2. The average molecular weight is 1150 g/mol. The minimum absolute atomic E-state index is 0.251. The predicted molar refractivity (Wildman–Crippen MR) is 311 cm³/mol. The van der Waals surface area contributed by atoms with Gasteiger partial charge in [-0.25, -0.2) is 30.9 Å². The number of aldehydes is 1. The third-order valence-electron chi connectivity index (χ3n) is 12.4. The highest BCUT2D eigenvalue weighted by atomic mass is 16.6. The molecule has 23 nitrogen and oxygen atoms in total. The van der Waals surface area contributed by atoms with Crippen LogP contribution in [0.25, 0.3) is 21.9 Å². The van der Waals surface area contributed by atoms with E-state index in [0.29, 0.717) is 98.2 Å². The van der Waals surface area contributed by atoms with Gasteiger partial charge in [-0.05, 0) is 111 Å². The van der Waals surface area contributed by atoms with E-state index in [-0.39, 0.29) is 18.3 Å². The van der Waals surface area contributed by atoms with Crippen LogP contribution < -0.4 is 16.4 Å². The summed E-state index contributed by atoms with van der Waals surface area (Å²) in [6.07, 6.45) is 9.57. The van der Waals surface area contributed by atoms with Crippen LogP contribution in [0.4, 0.5) is 26.0 Å². The molecule has 0 aromatic carbocycles. The number of carbonyl (C=O) groups is 4. The summed E-state index contributed by atoms with van der Waals surface area (Å²) in [7, 11) is 3.23. The molecule has 0 unspecified atom stereocenters. The summed E-state index contributed by atoms with van der Waals surface area (Å²) in [5.74, 6) is 5.90. The number of ether oxygens (including phenoxy) is 3. The molecule has 0 saturated heterocycles. The molecule has 0 spiro atoms. The minimum atomic E-state index is -0.528. The smallest absolute Gasteiger partial charge is 0.410 e. The molecule has 11 heterocycles. The molecule has 0 saturated carbocycles. The lowest BCUT2D eigenvalue weighted by molar-refractivity contribution is 0.0209. The Hall–Kier alpha value is -9.53. The minimum Gasteiger partial charge on any atom is -0.469 e. The quantitative estimate of drug-likeness (QED) is 0.0841. The summed E-state index contributed by atoms with van der Waals surface area (Å²) < 4.78 is 40.0. The summed E-state index contributed by atoms with van der Waals surface area (Å²) in [5, 5.41) is 23.9. The topological polar surface area (TPSA) is 290 Å². The van der Waals surface area contributed by atoms with Gasteiger partial charge in [0, 0.05) is 100 Å². The normalized spacial score (nSPS) is 13.9. The Kier molecular flexibility index (Phi) is 21.6. The monoisotopic (exact) mass is 1150 g/mol. The third-order valence-corrected chi connectivity index (χ3v) is 12.4. The fourth-order valence-corrected chi connectivity index (χ4v) is 8.77. The predicted octanol–water partition coefficient (Wildman–Crippen LogP) is 10.8. The van der Waals surface area contributed by atoms with Crippen molar-refractivity contribution >= 4 is 41.8 Å². The highest BCUT2D eigenvalue weighted by Gasteiger charge is 2.31. The lowest BCUT2D eigenvalue weighted by Gasteiger charge is -2.29. The van der Waals surface area contributed by atoms with Gasteiger partial charge in [-0.2, -0.15) is 10.5 Å². The van der Waals surface area contributed by atoms with Crippen LogP contribution in [-0.2, 0) is 66.1 Å². The Bertz CT molecular complexity index is 3490. The average Bonchev–Trinajstić information content (AvgIpc) is 2.28. The number of hydrogen-bond acceptors (Lipinski definition) is 18. The van der Waals surface area contributed by atoms with Gasteiger partial charge in [0.05, 0.1) is 55.4 Å². The molecule has 11 rings (SSSR count). The maximum Gasteiger partial charge on any atom is 0.410 e. The van der Waals surface area contributed by atoms with Crippen molar-refractivity contribution in [3.63, 3.8) is 0 Å². The van der Waals surface area contributed by atoms with E-state index in [0.717, 1.165) is 71.5 Å². The molecule has 4 N–H and O–H groups in total. The van der Waals surface area contributed by atoms with Crippen molar-refractivity contribution < 1.29 is 51.1 Å². The Morgan fingerprint density at radius 1 is 0.714 bits per heavy atom.